The number of rotatable bonds is 2. The van der Waals surface area contributed by atoms with Gasteiger partial charge in [-0.1, -0.05) is 31.6 Å². The Morgan fingerprint density at radius 2 is 1.89 bits per heavy atom. The maximum absolute atomic E-state index is 12.2. The summed E-state index contributed by atoms with van der Waals surface area (Å²) in [5.74, 6) is 3.17. The van der Waals surface area contributed by atoms with Gasteiger partial charge in [0, 0.05) is 13.0 Å². The van der Waals surface area contributed by atoms with Crippen molar-refractivity contribution < 1.29 is 9.53 Å². The molecule has 0 radical (unpaired) electrons. The number of Topliss-reactive ketones (excluding diaryl/α,β-unsaturated/α-hetero) is 1. The van der Waals surface area contributed by atoms with Gasteiger partial charge in [0.1, 0.15) is 5.78 Å². The van der Waals surface area contributed by atoms with Crippen molar-refractivity contribution in [2.45, 2.75) is 85.2 Å². The number of ether oxygens (including phenoxy) is 1. The Bertz CT molecular complexity index is 605. The highest BCUT2D eigenvalue weighted by atomic mass is 16.5. The van der Waals surface area contributed by atoms with Crippen molar-refractivity contribution in [2.75, 3.05) is 7.11 Å². The molecule has 3 saturated carbocycles. The monoisotopic (exact) mass is 372 g/mol. The van der Waals surface area contributed by atoms with E-state index in [9.17, 15) is 4.79 Å². The van der Waals surface area contributed by atoms with E-state index < -0.39 is 0 Å². The van der Waals surface area contributed by atoms with Crippen LogP contribution >= 0.6 is 0 Å². The average Bonchev–Trinajstić information content (AvgIpc) is 2.99. The number of hydrogen-bond donors (Lipinski definition) is 0. The molecule has 0 heterocycles. The molecule has 4 rings (SSSR count). The molecule has 7 atom stereocenters. The molecule has 0 aromatic carbocycles. The van der Waals surface area contributed by atoms with Gasteiger partial charge >= 0.3 is 0 Å². The Kier molecular flexibility index (Phi) is 6.06. The fraction of sp³-hybridized carbons (Fsp3) is 0.800. The van der Waals surface area contributed by atoms with Crippen molar-refractivity contribution in [1.82, 2.24) is 0 Å². The zero-order chi connectivity index (χ0) is 19.8. The van der Waals surface area contributed by atoms with E-state index in [4.69, 9.17) is 4.74 Å². The number of methoxy groups -OCH3 is 1. The molecule has 0 N–H and O–H groups in total. The lowest BCUT2D eigenvalue weighted by Gasteiger charge is -2.58. The van der Waals surface area contributed by atoms with Gasteiger partial charge in [-0.25, -0.2) is 0 Å². The molecular weight excluding hydrogens is 332 g/mol. The van der Waals surface area contributed by atoms with Gasteiger partial charge in [0.05, 0.1) is 6.10 Å². The summed E-state index contributed by atoms with van der Waals surface area (Å²) < 4.78 is 5.67. The zero-order valence-electron chi connectivity index (χ0n) is 18.2. The van der Waals surface area contributed by atoms with Gasteiger partial charge in [-0.05, 0) is 93.8 Å². The van der Waals surface area contributed by atoms with E-state index in [-0.39, 0.29) is 5.41 Å². The Morgan fingerprint density at radius 1 is 1.19 bits per heavy atom. The molecule has 4 aliphatic carbocycles. The van der Waals surface area contributed by atoms with Crippen molar-refractivity contribution in [3.05, 3.63) is 24.3 Å². The van der Waals surface area contributed by atoms with Crippen LogP contribution in [0.1, 0.15) is 79.1 Å². The molecule has 27 heavy (non-hydrogen) atoms. The topological polar surface area (TPSA) is 26.3 Å². The lowest BCUT2D eigenvalue weighted by molar-refractivity contribution is -0.127. The van der Waals surface area contributed by atoms with Gasteiger partial charge in [0.25, 0.3) is 0 Å². The van der Waals surface area contributed by atoms with Gasteiger partial charge < -0.3 is 4.74 Å². The summed E-state index contributed by atoms with van der Waals surface area (Å²) in [4.78, 5) is 12.2. The molecule has 0 saturated heterocycles. The van der Waals surface area contributed by atoms with Crippen LogP contribution in [0.5, 0.6) is 0 Å². The molecule has 0 aromatic heterocycles. The molecule has 4 aliphatic rings. The number of allylic oxidation sites excluding steroid dienone is 2. The molecule has 0 aromatic rings. The SMILES string of the molecule is C=CC.COC1CCC2(C)C(=CCC3C2CCC2(C)C(C(C)=O)CCC32)C1. The van der Waals surface area contributed by atoms with Gasteiger partial charge in [0.15, 0.2) is 0 Å². The third kappa shape index (κ3) is 3.37. The van der Waals surface area contributed by atoms with Crippen molar-refractivity contribution in [2.24, 2.45) is 34.5 Å². The van der Waals surface area contributed by atoms with Crippen LogP contribution in [-0.2, 0) is 9.53 Å². The standard InChI is InChI=1S/C22H34O2.C3H6/c1-14(23)18-7-8-19-17-6-5-15-13-16(24-4)9-11-21(15,2)20(17)10-12-22(18,19)3;1-3-2/h5,16-20H,6-13H2,1-4H3;3H,1H2,2H3. The maximum atomic E-state index is 12.2. The zero-order valence-corrected chi connectivity index (χ0v) is 18.2. The van der Waals surface area contributed by atoms with Gasteiger partial charge in [-0.3, -0.25) is 4.79 Å². The summed E-state index contributed by atoms with van der Waals surface area (Å²) in [5.41, 5.74) is 2.36. The lowest BCUT2D eigenvalue weighted by Crippen LogP contribution is -2.51. The molecule has 0 spiro atoms. The Labute approximate surface area is 166 Å². The minimum atomic E-state index is 0.276. The van der Waals surface area contributed by atoms with Crippen molar-refractivity contribution in [3.63, 3.8) is 0 Å². The second kappa shape index (κ2) is 7.85. The predicted octanol–water partition coefficient (Wildman–Crippen LogP) is 6.36. The van der Waals surface area contributed by atoms with Crippen LogP contribution in [0.2, 0.25) is 0 Å². The Balaban J connectivity index is 0.000000659. The highest BCUT2D eigenvalue weighted by Gasteiger charge is 2.59. The van der Waals surface area contributed by atoms with Gasteiger partial charge in [-0.15, -0.1) is 6.58 Å². The number of fused-ring (bicyclic) bond motifs is 5. The van der Waals surface area contributed by atoms with E-state index in [2.05, 4.69) is 26.5 Å². The molecule has 2 heteroatoms. The average molecular weight is 373 g/mol. The van der Waals surface area contributed by atoms with E-state index in [1.807, 2.05) is 21.0 Å². The lowest BCUT2D eigenvalue weighted by atomic mass is 9.47. The molecular formula is C25H40O2. The highest BCUT2D eigenvalue weighted by Crippen LogP contribution is 2.66. The minimum absolute atomic E-state index is 0.276. The third-order valence-electron chi connectivity index (χ3n) is 8.88. The second-order valence-corrected chi connectivity index (χ2v) is 10.1. The first-order valence-electron chi connectivity index (χ1n) is 11.1. The van der Waals surface area contributed by atoms with E-state index in [1.165, 1.54) is 38.5 Å². The van der Waals surface area contributed by atoms with Gasteiger partial charge in [-0.2, -0.15) is 0 Å². The fourth-order valence-corrected chi connectivity index (χ4v) is 7.50. The summed E-state index contributed by atoms with van der Waals surface area (Å²) in [7, 11) is 1.87. The number of carbonyl (C=O) groups is 1. The highest BCUT2D eigenvalue weighted by molar-refractivity contribution is 5.79. The molecule has 2 nitrogen and oxygen atoms in total. The normalized spacial score (nSPS) is 45.4. The van der Waals surface area contributed by atoms with Crippen LogP contribution in [0.15, 0.2) is 24.3 Å². The number of carbonyl (C=O) groups excluding carboxylic acids is 1. The van der Waals surface area contributed by atoms with Crippen LogP contribution in [-0.4, -0.2) is 19.0 Å². The smallest absolute Gasteiger partial charge is 0.133 e. The van der Waals surface area contributed by atoms with Gasteiger partial charge in [0.2, 0.25) is 0 Å². The van der Waals surface area contributed by atoms with Crippen molar-refractivity contribution in [1.29, 1.82) is 0 Å². The summed E-state index contributed by atoms with van der Waals surface area (Å²) >= 11 is 0. The van der Waals surface area contributed by atoms with Crippen LogP contribution in [0.3, 0.4) is 0 Å². The first-order chi connectivity index (χ1) is 12.8. The van der Waals surface area contributed by atoms with Crippen LogP contribution in [0, 0.1) is 34.5 Å². The van der Waals surface area contributed by atoms with Crippen LogP contribution < -0.4 is 0 Å². The van der Waals surface area contributed by atoms with E-state index >= 15 is 0 Å². The quantitative estimate of drug-likeness (QED) is 0.527. The second-order valence-electron chi connectivity index (χ2n) is 10.1. The van der Waals surface area contributed by atoms with Crippen molar-refractivity contribution in [3.8, 4) is 0 Å². The first kappa shape index (κ1) is 20.8. The molecule has 7 unspecified atom stereocenters. The maximum Gasteiger partial charge on any atom is 0.133 e. The number of ketones is 1. The summed E-state index contributed by atoms with van der Waals surface area (Å²) in [6.07, 6.45) is 14.7. The number of hydrogen-bond acceptors (Lipinski definition) is 2. The minimum Gasteiger partial charge on any atom is -0.381 e. The molecule has 0 bridgehead atoms. The predicted molar refractivity (Wildman–Crippen MR) is 113 cm³/mol. The molecule has 0 aliphatic heterocycles. The molecule has 3 fully saturated rings. The first-order valence-corrected chi connectivity index (χ1v) is 11.1. The van der Waals surface area contributed by atoms with E-state index in [0.717, 1.165) is 30.6 Å². The van der Waals surface area contributed by atoms with Crippen molar-refractivity contribution >= 4 is 5.78 Å². The van der Waals surface area contributed by atoms with Crippen LogP contribution in [0.4, 0.5) is 0 Å². The largest absolute Gasteiger partial charge is 0.381 e. The molecule has 152 valence electrons. The fourth-order valence-electron chi connectivity index (χ4n) is 7.50. The Hall–Kier alpha value is -0.890. The Morgan fingerprint density at radius 3 is 2.52 bits per heavy atom. The van der Waals surface area contributed by atoms with E-state index in [0.29, 0.717) is 23.2 Å². The summed E-state index contributed by atoms with van der Waals surface area (Å²) in [5, 5.41) is 0. The summed E-state index contributed by atoms with van der Waals surface area (Å²) in [6, 6.07) is 0. The van der Waals surface area contributed by atoms with E-state index in [1.54, 1.807) is 11.6 Å². The molecule has 0 amide bonds. The summed E-state index contributed by atoms with van der Waals surface area (Å²) in [6.45, 7) is 12.1. The third-order valence-corrected chi connectivity index (χ3v) is 8.88. The van der Waals surface area contributed by atoms with Crippen LogP contribution in [0.25, 0.3) is 0 Å².